The van der Waals surface area contributed by atoms with E-state index in [1.54, 1.807) is 60.8 Å². The third-order valence-electron chi connectivity index (χ3n) is 7.54. The fourth-order valence-electron chi connectivity index (χ4n) is 5.01. The Balaban J connectivity index is 1.35. The summed E-state index contributed by atoms with van der Waals surface area (Å²) in [5.74, 6) is -1.89. The minimum atomic E-state index is -4.44. The van der Waals surface area contributed by atoms with Gasteiger partial charge in [0, 0.05) is 19.2 Å². The number of hydrogen-bond donors (Lipinski definition) is 1. The predicted molar refractivity (Wildman–Crippen MR) is 167 cm³/mol. The molecule has 2 aromatic carbocycles. The molecule has 9 nitrogen and oxygen atoms in total. The molecular formula is C33H30ClF5N6O3. The largest absolute Gasteiger partial charge is 0.485 e. The molecule has 1 N–H and O–H groups in total. The van der Waals surface area contributed by atoms with Crippen molar-refractivity contribution < 1.29 is 36.2 Å². The number of nitrogens with one attached hydrogen (secondary N) is 1. The van der Waals surface area contributed by atoms with Crippen LogP contribution in [0.25, 0.3) is 17.2 Å². The highest BCUT2D eigenvalue weighted by Gasteiger charge is 2.35. The maximum Gasteiger partial charge on any atom is 0.389 e. The molecule has 5 rings (SSSR count). The molecule has 0 radical (unpaired) electrons. The molecule has 1 unspecified atom stereocenters. The van der Waals surface area contributed by atoms with Crippen molar-refractivity contribution in [2.24, 2.45) is 5.41 Å². The van der Waals surface area contributed by atoms with Crippen LogP contribution in [0.1, 0.15) is 43.0 Å². The molecule has 0 amide bonds. The maximum atomic E-state index is 14.2. The average molecular weight is 689 g/mol. The summed E-state index contributed by atoms with van der Waals surface area (Å²) >= 11 is 6.25. The minimum Gasteiger partial charge on any atom is -0.485 e. The Kier molecular flexibility index (Phi) is 10.4. The van der Waals surface area contributed by atoms with Crippen LogP contribution in [0, 0.1) is 24.0 Å². The minimum absolute atomic E-state index is 0.0136. The fourth-order valence-corrected chi connectivity index (χ4v) is 5.17. The lowest BCUT2D eigenvalue weighted by Crippen LogP contribution is -2.32. The first-order chi connectivity index (χ1) is 22.8. The summed E-state index contributed by atoms with van der Waals surface area (Å²) in [5, 5.41) is 2.71. The van der Waals surface area contributed by atoms with Crippen molar-refractivity contribution in [2.75, 3.05) is 11.9 Å². The van der Waals surface area contributed by atoms with Crippen molar-refractivity contribution in [2.45, 2.75) is 52.5 Å². The predicted octanol–water partition coefficient (Wildman–Crippen LogP) is 7.90. The summed E-state index contributed by atoms with van der Waals surface area (Å²) in [4.78, 5) is 30.0. The Bertz CT molecular complexity index is 1890. The zero-order chi connectivity index (χ0) is 34.5. The number of pyridine rings is 1. The summed E-state index contributed by atoms with van der Waals surface area (Å²) in [6, 6.07) is 15.7. The number of aryl methyl sites for hydroxylation is 1. The first-order valence-corrected chi connectivity index (χ1v) is 15.1. The van der Waals surface area contributed by atoms with E-state index in [1.165, 1.54) is 6.07 Å². The van der Waals surface area contributed by atoms with Crippen molar-refractivity contribution in [3.05, 3.63) is 101 Å². The van der Waals surface area contributed by atoms with Gasteiger partial charge in [0.05, 0.1) is 17.7 Å². The van der Waals surface area contributed by atoms with Gasteiger partial charge in [0.1, 0.15) is 30.5 Å². The van der Waals surface area contributed by atoms with E-state index < -0.39 is 42.2 Å². The van der Waals surface area contributed by atoms with E-state index in [0.717, 1.165) is 17.7 Å². The number of ether oxygens (including phenoxy) is 2. The van der Waals surface area contributed by atoms with E-state index in [1.807, 2.05) is 6.07 Å². The molecule has 0 aliphatic heterocycles. The van der Waals surface area contributed by atoms with Crippen molar-refractivity contribution in [1.82, 2.24) is 24.3 Å². The molecule has 0 spiro atoms. The van der Waals surface area contributed by atoms with Gasteiger partial charge in [0.2, 0.25) is 11.2 Å². The summed E-state index contributed by atoms with van der Waals surface area (Å²) < 4.78 is 80.8. The fraction of sp³-hybridized carbons (Fsp3) is 0.303. The lowest BCUT2D eigenvalue weighted by molar-refractivity contribution is -0.152. The van der Waals surface area contributed by atoms with E-state index in [0.29, 0.717) is 17.0 Å². The first-order valence-electron chi connectivity index (χ1n) is 14.8. The van der Waals surface area contributed by atoms with Gasteiger partial charge in [-0.15, -0.1) is 0 Å². The SMILES string of the molecule is Cc1nc2c(OCc3c(F)cccc3F)cccn2c1-c1nc(Cl)nc(NCC(C)(CCC(F)(F)F)CC(=O)OCc2ccccc2)n1. The number of alkyl halides is 3. The van der Waals surface area contributed by atoms with Crippen LogP contribution in [0.5, 0.6) is 5.75 Å². The molecule has 252 valence electrons. The highest BCUT2D eigenvalue weighted by molar-refractivity contribution is 6.28. The smallest absolute Gasteiger partial charge is 0.389 e. The standard InChI is InChI=1S/C33H30ClF5N6O3/c1-20-27(45-15-7-12-25(29(45)41-20)47-18-22-23(35)10-6-11-24(22)36)28-42-30(34)44-31(43-28)40-19-32(2,13-14-33(37,38)39)16-26(46)48-17-21-8-4-3-5-9-21/h3-12,15H,13-14,16-19H2,1-2H3,(H,40,42,43,44). The van der Waals surface area contributed by atoms with Crippen LogP contribution in [0.2, 0.25) is 5.28 Å². The Hall–Kier alpha value is -4.85. The summed E-state index contributed by atoms with van der Waals surface area (Å²) in [6.07, 6.45) is -4.58. The lowest BCUT2D eigenvalue weighted by atomic mass is 9.82. The molecule has 0 saturated heterocycles. The number of carbonyl (C=O) groups is 1. The summed E-state index contributed by atoms with van der Waals surface area (Å²) in [5.41, 5.74) is 0.452. The molecule has 3 aromatic heterocycles. The van der Waals surface area contributed by atoms with Crippen LogP contribution >= 0.6 is 11.6 Å². The lowest BCUT2D eigenvalue weighted by Gasteiger charge is -2.29. The number of carbonyl (C=O) groups excluding carboxylic acids is 1. The molecule has 0 aliphatic rings. The van der Waals surface area contributed by atoms with Crippen molar-refractivity contribution in [3.8, 4) is 17.3 Å². The Morgan fingerprint density at radius 3 is 2.35 bits per heavy atom. The van der Waals surface area contributed by atoms with E-state index in [-0.39, 0.29) is 54.4 Å². The van der Waals surface area contributed by atoms with Crippen LogP contribution in [-0.4, -0.2) is 43.0 Å². The molecule has 1 atom stereocenters. The third kappa shape index (κ3) is 8.73. The molecule has 3 heterocycles. The first kappa shape index (κ1) is 34.5. The number of benzene rings is 2. The molecule has 0 saturated carbocycles. The molecule has 0 bridgehead atoms. The molecule has 15 heteroatoms. The van der Waals surface area contributed by atoms with Gasteiger partial charge in [-0.05, 0) is 60.2 Å². The Morgan fingerprint density at radius 1 is 0.917 bits per heavy atom. The van der Waals surface area contributed by atoms with Crippen LogP contribution in [0.4, 0.5) is 27.9 Å². The number of fused-ring (bicyclic) bond motifs is 1. The van der Waals surface area contributed by atoms with Gasteiger partial charge >= 0.3 is 12.1 Å². The van der Waals surface area contributed by atoms with Gasteiger partial charge in [-0.25, -0.2) is 13.8 Å². The van der Waals surface area contributed by atoms with Crippen LogP contribution in [0.3, 0.4) is 0 Å². The quantitative estimate of drug-likeness (QED) is 0.0984. The van der Waals surface area contributed by atoms with Gasteiger partial charge in [-0.3, -0.25) is 9.20 Å². The molecule has 48 heavy (non-hydrogen) atoms. The second kappa shape index (κ2) is 14.5. The zero-order valence-corrected chi connectivity index (χ0v) is 26.6. The third-order valence-corrected chi connectivity index (χ3v) is 7.71. The topological polar surface area (TPSA) is 104 Å². The summed E-state index contributed by atoms with van der Waals surface area (Å²) in [7, 11) is 0. The molecule has 0 fully saturated rings. The number of esters is 1. The molecular weight excluding hydrogens is 659 g/mol. The Labute approximate surface area is 277 Å². The number of imidazole rings is 1. The Morgan fingerprint density at radius 2 is 1.65 bits per heavy atom. The van der Waals surface area contributed by atoms with Gasteiger partial charge in [0.25, 0.3) is 0 Å². The van der Waals surface area contributed by atoms with Crippen molar-refractivity contribution in [1.29, 1.82) is 0 Å². The number of anilines is 1. The van der Waals surface area contributed by atoms with Crippen LogP contribution < -0.4 is 10.1 Å². The number of rotatable bonds is 13. The van der Waals surface area contributed by atoms with E-state index in [4.69, 9.17) is 21.1 Å². The van der Waals surface area contributed by atoms with Gasteiger partial charge in [0.15, 0.2) is 17.2 Å². The van der Waals surface area contributed by atoms with Gasteiger partial charge in [-0.2, -0.15) is 28.1 Å². The average Bonchev–Trinajstić information content (AvgIpc) is 3.38. The number of aromatic nitrogens is 5. The van der Waals surface area contributed by atoms with Gasteiger partial charge < -0.3 is 14.8 Å². The van der Waals surface area contributed by atoms with Gasteiger partial charge in [-0.1, -0.05) is 43.3 Å². The van der Waals surface area contributed by atoms with Crippen molar-refractivity contribution >= 4 is 29.2 Å². The van der Waals surface area contributed by atoms with E-state index in [9.17, 15) is 26.7 Å². The number of nitrogens with zero attached hydrogens (tertiary/aromatic N) is 5. The number of hydrogen-bond acceptors (Lipinski definition) is 8. The second-order valence-electron chi connectivity index (χ2n) is 11.5. The van der Waals surface area contributed by atoms with E-state index >= 15 is 0 Å². The van der Waals surface area contributed by atoms with Crippen LogP contribution in [0.15, 0.2) is 66.9 Å². The van der Waals surface area contributed by atoms with E-state index in [2.05, 4.69) is 25.3 Å². The highest BCUT2D eigenvalue weighted by Crippen LogP contribution is 2.35. The molecule has 5 aromatic rings. The zero-order valence-electron chi connectivity index (χ0n) is 25.8. The number of halogens is 6. The summed E-state index contributed by atoms with van der Waals surface area (Å²) in [6.45, 7) is 2.70. The monoisotopic (exact) mass is 688 g/mol. The highest BCUT2D eigenvalue weighted by atomic mass is 35.5. The molecule has 0 aliphatic carbocycles. The van der Waals surface area contributed by atoms with Crippen molar-refractivity contribution in [3.63, 3.8) is 0 Å². The normalized spacial score (nSPS) is 12.9. The van der Waals surface area contributed by atoms with Crippen LogP contribution in [-0.2, 0) is 22.7 Å². The second-order valence-corrected chi connectivity index (χ2v) is 11.8. The maximum absolute atomic E-state index is 14.2.